The molecule has 1 aliphatic carbocycles. The number of halogens is 1. The Morgan fingerprint density at radius 1 is 1.62 bits per heavy atom. The highest BCUT2D eigenvalue weighted by Gasteiger charge is 2.42. The van der Waals surface area contributed by atoms with Gasteiger partial charge in [-0.25, -0.2) is 4.79 Å². The van der Waals surface area contributed by atoms with Gasteiger partial charge in [0.1, 0.15) is 5.69 Å². The second-order valence-electron chi connectivity index (χ2n) is 4.73. The Bertz CT molecular complexity index is 407. The molecule has 1 saturated carbocycles. The van der Waals surface area contributed by atoms with Gasteiger partial charge in [-0.3, -0.25) is 0 Å². The summed E-state index contributed by atoms with van der Waals surface area (Å²) in [7, 11) is 0. The molecular weight excluding hydrogens is 226 g/mol. The third-order valence-corrected chi connectivity index (χ3v) is 3.53. The van der Waals surface area contributed by atoms with Crippen LogP contribution in [0.1, 0.15) is 43.1 Å². The third-order valence-electron chi connectivity index (χ3n) is 3.33. The Kier molecular flexibility index (Phi) is 2.98. The number of hydrogen-bond acceptors (Lipinski definition) is 1. The maximum Gasteiger partial charge on any atom is 0.352 e. The molecule has 0 spiro atoms. The summed E-state index contributed by atoms with van der Waals surface area (Å²) >= 11 is 5.85. The first-order chi connectivity index (χ1) is 7.56. The largest absolute Gasteiger partial charge is 0.477 e. The fourth-order valence-electron chi connectivity index (χ4n) is 2.34. The van der Waals surface area contributed by atoms with Gasteiger partial charge in [0.2, 0.25) is 0 Å². The van der Waals surface area contributed by atoms with Gasteiger partial charge in [0.15, 0.2) is 0 Å². The van der Waals surface area contributed by atoms with Crippen molar-refractivity contribution in [1.82, 2.24) is 4.57 Å². The van der Waals surface area contributed by atoms with Crippen molar-refractivity contribution in [1.29, 1.82) is 0 Å². The maximum absolute atomic E-state index is 11.0. The summed E-state index contributed by atoms with van der Waals surface area (Å²) < 4.78 is 1.79. The van der Waals surface area contributed by atoms with Crippen LogP contribution in [-0.4, -0.2) is 15.6 Å². The molecule has 1 aliphatic rings. The lowest BCUT2D eigenvalue weighted by molar-refractivity contribution is 0.0683. The van der Waals surface area contributed by atoms with E-state index in [2.05, 4.69) is 6.92 Å². The lowest BCUT2D eigenvalue weighted by Gasteiger charge is -2.16. The number of aromatic nitrogens is 1. The van der Waals surface area contributed by atoms with Crippen LogP contribution < -0.4 is 0 Å². The van der Waals surface area contributed by atoms with Gasteiger partial charge in [0.25, 0.3) is 0 Å². The minimum Gasteiger partial charge on any atom is -0.477 e. The second-order valence-corrected chi connectivity index (χ2v) is 5.16. The molecule has 1 fully saturated rings. The molecule has 0 atom stereocenters. The van der Waals surface area contributed by atoms with Crippen LogP contribution in [0.4, 0.5) is 0 Å². The Balaban J connectivity index is 2.18. The van der Waals surface area contributed by atoms with Gasteiger partial charge in [-0.15, -0.1) is 0 Å². The van der Waals surface area contributed by atoms with Gasteiger partial charge in [-0.05, 0) is 30.7 Å². The lowest BCUT2D eigenvalue weighted by atomic mass is 10.0. The van der Waals surface area contributed by atoms with Gasteiger partial charge < -0.3 is 9.67 Å². The number of aromatic carboxylic acids is 1. The quantitative estimate of drug-likeness (QED) is 0.858. The summed E-state index contributed by atoms with van der Waals surface area (Å²) in [6.07, 6.45) is 6.45. The van der Waals surface area contributed by atoms with Gasteiger partial charge in [0, 0.05) is 12.7 Å². The standard InChI is InChI=1S/C12H16ClNO2/c1-2-3-12(4-5-12)8-14-7-9(13)6-10(14)11(15)16/h6-7H,2-5,8H2,1H3,(H,15,16). The molecule has 1 aromatic heterocycles. The van der Waals surface area contributed by atoms with E-state index < -0.39 is 5.97 Å². The number of carbonyl (C=O) groups is 1. The predicted octanol–water partition coefficient (Wildman–Crippen LogP) is 3.42. The van der Waals surface area contributed by atoms with Crippen LogP contribution in [0.5, 0.6) is 0 Å². The maximum atomic E-state index is 11.0. The SMILES string of the molecule is CCCC1(Cn2cc(Cl)cc2C(=O)O)CC1. The van der Waals surface area contributed by atoms with E-state index in [4.69, 9.17) is 16.7 Å². The second kappa shape index (κ2) is 4.13. The number of nitrogens with zero attached hydrogens (tertiary/aromatic N) is 1. The Labute approximate surface area is 100 Å². The first-order valence-electron chi connectivity index (χ1n) is 5.65. The summed E-state index contributed by atoms with van der Waals surface area (Å²) in [5.41, 5.74) is 0.633. The van der Waals surface area contributed by atoms with Crippen LogP contribution in [0.25, 0.3) is 0 Å². The first kappa shape index (κ1) is 11.5. The molecule has 0 aromatic carbocycles. The van der Waals surface area contributed by atoms with E-state index >= 15 is 0 Å². The highest BCUT2D eigenvalue weighted by molar-refractivity contribution is 6.30. The highest BCUT2D eigenvalue weighted by atomic mass is 35.5. The first-order valence-corrected chi connectivity index (χ1v) is 6.03. The van der Waals surface area contributed by atoms with Gasteiger partial charge in [-0.1, -0.05) is 24.9 Å². The van der Waals surface area contributed by atoms with Crippen molar-refractivity contribution >= 4 is 17.6 Å². The summed E-state index contributed by atoms with van der Waals surface area (Å²) in [6, 6.07) is 1.52. The zero-order chi connectivity index (χ0) is 11.8. The smallest absolute Gasteiger partial charge is 0.352 e. The predicted molar refractivity (Wildman–Crippen MR) is 63.0 cm³/mol. The minimum absolute atomic E-state index is 0.298. The fraction of sp³-hybridized carbons (Fsp3) is 0.583. The van der Waals surface area contributed by atoms with Crippen LogP contribution in [0.2, 0.25) is 5.02 Å². The lowest BCUT2D eigenvalue weighted by Crippen LogP contribution is -2.15. The van der Waals surface area contributed by atoms with Crippen molar-refractivity contribution in [3.8, 4) is 0 Å². The molecule has 0 saturated heterocycles. The summed E-state index contributed by atoms with van der Waals surface area (Å²) in [5.74, 6) is -0.904. The van der Waals surface area contributed by atoms with Crippen LogP contribution in [0, 0.1) is 5.41 Å². The Morgan fingerprint density at radius 2 is 2.31 bits per heavy atom. The van der Waals surface area contributed by atoms with Gasteiger partial charge in [-0.2, -0.15) is 0 Å². The third kappa shape index (κ3) is 2.24. The van der Waals surface area contributed by atoms with Crippen molar-refractivity contribution in [2.24, 2.45) is 5.41 Å². The molecular formula is C12H16ClNO2. The van der Waals surface area contributed by atoms with Crippen LogP contribution in [-0.2, 0) is 6.54 Å². The van der Waals surface area contributed by atoms with E-state index in [-0.39, 0.29) is 0 Å². The number of carboxylic acid groups (broad SMARTS) is 1. The molecule has 0 unspecified atom stereocenters. The molecule has 1 heterocycles. The van der Waals surface area contributed by atoms with Gasteiger partial charge >= 0.3 is 5.97 Å². The topological polar surface area (TPSA) is 42.2 Å². The summed E-state index contributed by atoms with van der Waals surface area (Å²) in [6.45, 7) is 2.95. The fourth-order valence-corrected chi connectivity index (χ4v) is 2.56. The van der Waals surface area contributed by atoms with E-state index in [0.717, 1.165) is 13.0 Å². The zero-order valence-corrected chi connectivity index (χ0v) is 10.1. The molecule has 0 aliphatic heterocycles. The zero-order valence-electron chi connectivity index (χ0n) is 9.37. The molecule has 16 heavy (non-hydrogen) atoms. The van der Waals surface area contributed by atoms with Crippen molar-refractivity contribution in [2.75, 3.05) is 0 Å². The molecule has 0 bridgehead atoms. The average Bonchev–Trinajstić information content (AvgIpc) is 2.83. The monoisotopic (exact) mass is 241 g/mol. The van der Waals surface area contributed by atoms with Crippen LogP contribution in [0.15, 0.2) is 12.3 Å². The summed E-state index contributed by atoms with van der Waals surface area (Å²) in [4.78, 5) is 11.0. The van der Waals surface area contributed by atoms with Crippen molar-refractivity contribution in [3.05, 3.63) is 23.0 Å². The Hall–Kier alpha value is -0.960. The molecule has 1 aromatic rings. The molecule has 0 amide bonds. The van der Waals surface area contributed by atoms with Gasteiger partial charge in [0.05, 0.1) is 5.02 Å². The highest BCUT2D eigenvalue weighted by Crippen LogP contribution is 2.51. The molecule has 2 rings (SSSR count). The van der Waals surface area contributed by atoms with Crippen LogP contribution >= 0.6 is 11.6 Å². The molecule has 1 N–H and O–H groups in total. The van der Waals surface area contributed by atoms with Crippen molar-refractivity contribution in [2.45, 2.75) is 39.2 Å². The van der Waals surface area contributed by atoms with E-state index in [1.807, 2.05) is 0 Å². The van der Waals surface area contributed by atoms with Crippen LogP contribution in [0.3, 0.4) is 0 Å². The average molecular weight is 242 g/mol. The van der Waals surface area contributed by atoms with E-state index in [9.17, 15) is 4.79 Å². The van der Waals surface area contributed by atoms with E-state index in [1.54, 1.807) is 10.8 Å². The Morgan fingerprint density at radius 3 is 2.81 bits per heavy atom. The molecule has 4 heteroatoms. The number of hydrogen-bond donors (Lipinski definition) is 1. The number of carboxylic acids is 1. The van der Waals surface area contributed by atoms with Crippen molar-refractivity contribution < 1.29 is 9.90 Å². The number of rotatable bonds is 5. The minimum atomic E-state index is -0.904. The van der Waals surface area contributed by atoms with E-state index in [0.29, 0.717) is 16.1 Å². The van der Waals surface area contributed by atoms with E-state index in [1.165, 1.54) is 25.3 Å². The summed E-state index contributed by atoms with van der Waals surface area (Å²) in [5, 5.41) is 9.55. The molecule has 3 nitrogen and oxygen atoms in total. The normalized spacial score (nSPS) is 17.4. The molecule has 88 valence electrons. The molecule has 0 radical (unpaired) electrons. The van der Waals surface area contributed by atoms with Crippen molar-refractivity contribution in [3.63, 3.8) is 0 Å².